The maximum Gasteiger partial charge on any atom is 0.202 e. The van der Waals surface area contributed by atoms with Crippen LogP contribution >= 0.6 is 0 Å². The predicted octanol–water partition coefficient (Wildman–Crippen LogP) is 4.89. The number of hydrogen-bond acceptors (Lipinski definition) is 5. The van der Waals surface area contributed by atoms with Crippen molar-refractivity contribution in [2.45, 2.75) is 65.8 Å². The number of H-pyrrole nitrogens is 1. The predicted molar refractivity (Wildman–Crippen MR) is 142 cm³/mol. The number of nitrogens with zero attached hydrogens (tertiary/aromatic N) is 2. The van der Waals surface area contributed by atoms with E-state index in [9.17, 15) is 4.79 Å². The van der Waals surface area contributed by atoms with Gasteiger partial charge >= 0.3 is 0 Å². The van der Waals surface area contributed by atoms with Crippen LogP contribution in [0, 0.1) is 12.3 Å². The van der Waals surface area contributed by atoms with Crippen LogP contribution in [0.3, 0.4) is 0 Å². The number of aromatic amines is 1. The fraction of sp³-hybridized carbons (Fsp3) is 0.586. The minimum Gasteiger partial charge on any atom is -0.379 e. The molecule has 0 amide bonds. The smallest absolute Gasteiger partial charge is 0.202 e. The minimum atomic E-state index is -0.170. The average molecular weight is 479 g/mol. The number of morpholine rings is 1. The lowest BCUT2D eigenvalue weighted by Gasteiger charge is -2.32. The van der Waals surface area contributed by atoms with Gasteiger partial charge < -0.3 is 15.0 Å². The van der Waals surface area contributed by atoms with Gasteiger partial charge in [0.15, 0.2) is 5.82 Å². The molecule has 1 saturated heterocycles. The molecule has 6 nitrogen and oxygen atoms in total. The van der Waals surface area contributed by atoms with Crippen LogP contribution in [0.1, 0.15) is 80.0 Å². The van der Waals surface area contributed by atoms with E-state index in [0.29, 0.717) is 17.7 Å². The molecule has 1 aliphatic heterocycles. The molecule has 0 saturated carbocycles. The van der Waals surface area contributed by atoms with E-state index in [1.54, 1.807) is 6.20 Å². The highest BCUT2D eigenvalue weighted by Gasteiger charge is 2.26. The fourth-order valence-electron chi connectivity index (χ4n) is 5.00. The van der Waals surface area contributed by atoms with Crippen LogP contribution in [0.2, 0.25) is 0 Å². The van der Waals surface area contributed by atoms with E-state index in [1.165, 1.54) is 16.7 Å². The van der Waals surface area contributed by atoms with Crippen molar-refractivity contribution < 1.29 is 9.53 Å². The Hall–Kier alpha value is -2.28. The van der Waals surface area contributed by atoms with Crippen molar-refractivity contribution in [2.24, 2.45) is 5.41 Å². The number of hydrogen-bond donors (Lipinski definition) is 2. The summed E-state index contributed by atoms with van der Waals surface area (Å²) in [6, 6.07) is 6.67. The number of aryl methyl sites for hydroxylation is 1. The van der Waals surface area contributed by atoms with E-state index < -0.39 is 0 Å². The number of imidazole rings is 1. The van der Waals surface area contributed by atoms with E-state index in [2.05, 4.69) is 72.2 Å². The third-order valence-electron chi connectivity index (χ3n) is 7.57. The van der Waals surface area contributed by atoms with Crippen molar-refractivity contribution in [3.63, 3.8) is 0 Å². The Morgan fingerprint density at radius 1 is 1.26 bits per heavy atom. The first kappa shape index (κ1) is 25.8. The third-order valence-corrected chi connectivity index (χ3v) is 7.57. The van der Waals surface area contributed by atoms with E-state index in [0.717, 1.165) is 69.9 Å². The highest BCUT2D eigenvalue weighted by molar-refractivity contribution is 5.95. The van der Waals surface area contributed by atoms with Gasteiger partial charge in [-0.05, 0) is 73.8 Å². The third kappa shape index (κ3) is 6.69. The molecule has 4 rings (SSSR count). The number of carbonyl (C=O) groups is 1. The molecule has 0 radical (unpaired) electrons. The maximum absolute atomic E-state index is 13.0. The molecule has 0 unspecified atom stereocenters. The van der Waals surface area contributed by atoms with E-state index >= 15 is 0 Å². The molecule has 6 heteroatoms. The van der Waals surface area contributed by atoms with E-state index in [1.807, 2.05) is 6.92 Å². The second-order valence-electron chi connectivity index (χ2n) is 11.5. The minimum absolute atomic E-state index is 0.0340. The van der Waals surface area contributed by atoms with Crippen molar-refractivity contribution in [3.8, 4) is 0 Å². The van der Waals surface area contributed by atoms with Gasteiger partial charge in [0.05, 0.1) is 13.2 Å². The first-order valence-electron chi connectivity index (χ1n) is 13.1. The van der Waals surface area contributed by atoms with Crippen molar-refractivity contribution >= 4 is 11.4 Å². The Bertz CT molecular complexity index is 1060. The molecule has 1 aromatic heterocycles. The van der Waals surface area contributed by atoms with Crippen molar-refractivity contribution in [2.75, 3.05) is 39.4 Å². The normalized spacial score (nSPS) is 18.9. The van der Waals surface area contributed by atoms with Gasteiger partial charge in [0.1, 0.15) is 0 Å². The fourth-order valence-corrected chi connectivity index (χ4v) is 5.00. The standard InChI is InChI=1S/C29H42N4O2/c1-21-20-30-27(32-21)26(34)18-23-6-7-24(19-25(23)22-8-10-28(2,3)11-9-22)29(4,5)31-12-13-33-14-16-35-17-15-33/h6-8,19-20,31H,9-18H2,1-5H3,(H,30,32). The zero-order chi connectivity index (χ0) is 25.1. The summed E-state index contributed by atoms with van der Waals surface area (Å²) in [4.78, 5) is 22.8. The summed E-state index contributed by atoms with van der Waals surface area (Å²) in [5.74, 6) is 0.480. The zero-order valence-corrected chi connectivity index (χ0v) is 22.2. The van der Waals surface area contributed by atoms with Crippen LogP contribution in [0.15, 0.2) is 30.5 Å². The number of benzene rings is 1. The summed E-state index contributed by atoms with van der Waals surface area (Å²) < 4.78 is 5.47. The molecule has 0 bridgehead atoms. The average Bonchev–Trinajstić information content (AvgIpc) is 3.26. The molecule has 0 atom stereocenters. The first-order valence-corrected chi connectivity index (χ1v) is 13.1. The maximum atomic E-state index is 13.0. The zero-order valence-electron chi connectivity index (χ0n) is 22.2. The number of rotatable bonds is 9. The molecule has 1 fully saturated rings. The highest BCUT2D eigenvalue weighted by Crippen LogP contribution is 2.40. The van der Waals surface area contributed by atoms with Crippen molar-refractivity contribution in [1.29, 1.82) is 0 Å². The second kappa shape index (κ2) is 10.8. The Morgan fingerprint density at radius 2 is 2.03 bits per heavy atom. The molecular formula is C29H42N4O2. The van der Waals surface area contributed by atoms with Gasteiger partial charge in [0.2, 0.25) is 5.78 Å². The number of nitrogens with one attached hydrogen (secondary N) is 2. The van der Waals surface area contributed by atoms with Gasteiger partial charge in [-0.2, -0.15) is 0 Å². The molecule has 2 aromatic rings. The largest absolute Gasteiger partial charge is 0.379 e. The topological polar surface area (TPSA) is 70.2 Å². The van der Waals surface area contributed by atoms with Crippen LogP contribution in [-0.2, 0) is 16.7 Å². The van der Waals surface area contributed by atoms with Gasteiger partial charge in [-0.1, -0.05) is 32.1 Å². The molecular weight excluding hydrogens is 436 g/mol. The van der Waals surface area contributed by atoms with Crippen LogP contribution in [0.4, 0.5) is 0 Å². The van der Waals surface area contributed by atoms with Gasteiger partial charge in [-0.3, -0.25) is 9.69 Å². The number of Topliss-reactive ketones (excluding diaryl/α,β-unsaturated/α-hetero) is 1. The molecule has 0 spiro atoms. The summed E-state index contributed by atoms with van der Waals surface area (Å²) >= 11 is 0. The van der Waals surface area contributed by atoms with Crippen LogP contribution < -0.4 is 5.32 Å². The SMILES string of the molecule is Cc1cnc(C(=O)Cc2ccc(C(C)(C)NCCN3CCOCC3)cc2C2=CCC(C)(C)CC2)[nH]1. The number of ketones is 1. The number of carbonyl (C=O) groups excluding carboxylic acids is 1. The van der Waals surface area contributed by atoms with Gasteiger partial charge in [0, 0.05) is 50.0 Å². The van der Waals surface area contributed by atoms with E-state index in [4.69, 9.17) is 4.74 Å². The first-order chi connectivity index (χ1) is 16.6. The molecule has 2 N–H and O–H groups in total. The van der Waals surface area contributed by atoms with Crippen LogP contribution in [-0.4, -0.2) is 60.0 Å². The van der Waals surface area contributed by atoms with Gasteiger partial charge in [-0.25, -0.2) is 4.98 Å². The molecule has 190 valence electrons. The Kier molecular flexibility index (Phi) is 7.94. The molecule has 1 aromatic carbocycles. The number of aromatic nitrogens is 2. The highest BCUT2D eigenvalue weighted by atomic mass is 16.5. The monoisotopic (exact) mass is 478 g/mol. The summed E-state index contributed by atoms with van der Waals surface area (Å²) in [7, 11) is 0. The lowest BCUT2D eigenvalue weighted by Crippen LogP contribution is -2.44. The summed E-state index contributed by atoms with van der Waals surface area (Å²) in [6.45, 7) is 16.7. The lowest BCUT2D eigenvalue weighted by atomic mass is 9.75. The molecule has 35 heavy (non-hydrogen) atoms. The van der Waals surface area contributed by atoms with Crippen LogP contribution in [0.5, 0.6) is 0 Å². The quantitative estimate of drug-likeness (QED) is 0.502. The number of allylic oxidation sites excluding steroid dienone is 2. The van der Waals surface area contributed by atoms with Crippen molar-refractivity contribution in [3.05, 3.63) is 58.7 Å². The molecule has 2 heterocycles. The molecule has 2 aliphatic rings. The Morgan fingerprint density at radius 3 is 2.69 bits per heavy atom. The number of ether oxygens (including phenoxy) is 1. The Labute approximate surface area is 210 Å². The second-order valence-corrected chi connectivity index (χ2v) is 11.5. The van der Waals surface area contributed by atoms with Gasteiger partial charge in [0.25, 0.3) is 0 Å². The van der Waals surface area contributed by atoms with Gasteiger partial charge in [-0.15, -0.1) is 0 Å². The van der Waals surface area contributed by atoms with Crippen molar-refractivity contribution in [1.82, 2.24) is 20.2 Å². The van der Waals surface area contributed by atoms with Crippen LogP contribution in [0.25, 0.3) is 5.57 Å². The lowest BCUT2D eigenvalue weighted by molar-refractivity contribution is 0.0376. The molecule has 1 aliphatic carbocycles. The summed E-state index contributed by atoms with van der Waals surface area (Å²) in [6.07, 6.45) is 7.74. The Balaban J connectivity index is 1.55. The van der Waals surface area contributed by atoms with E-state index in [-0.39, 0.29) is 11.3 Å². The summed E-state index contributed by atoms with van der Waals surface area (Å²) in [5, 5.41) is 3.77. The summed E-state index contributed by atoms with van der Waals surface area (Å²) in [5.41, 5.74) is 6.00.